The van der Waals surface area contributed by atoms with E-state index in [-0.39, 0.29) is 11.8 Å². The van der Waals surface area contributed by atoms with Crippen LogP contribution in [0.2, 0.25) is 0 Å². The number of rotatable bonds is 5. The van der Waals surface area contributed by atoms with Crippen molar-refractivity contribution in [2.24, 2.45) is 5.92 Å². The van der Waals surface area contributed by atoms with Gasteiger partial charge in [-0.25, -0.2) is 4.98 Å². The zero-order valence-corrected chi connectivity index (χ0v) is 17.3. The Morgan fingerprint density at radius 3 is 2.50 bits per heavy atom. The summed E-state index contributed by atoms with van der Waals surface area (Å²) in [5.74, 6) is 2.02. The summed E-state index contributed by atoms with van der Waals surface area (Å²) in [4.78, 5) is 19.9. The van der Waals surface area contributed by atoms with Gasteiger partial charge in [0.25, 0.3) is 0 Å². The monoisotopic (exact) mass is 375 g/mol. The highest BCUT2D eigenvalue weighted by molar-refractivity contribution is 5.98. The standard InChI is InChI=1S/C24H29N3O/c1-16(2)12-13-26-21-11-6-5-10-20(21)25-24(26)19-14-22(28)27(15-19)23-17(3)8-7-9-18(23)4/h5-11,16,19H,12-15H2,1-4H3/t19-/m0/s1. The molecule has 1 fully saturated rings. The highest BCUT2D eigenvalue weighted by Crippen LogP contribution is 2.36. The van der Waals surface area contributed by atoms with Gasteiger partial charge in [0.2, 0.25) is 5.91 Å². The molecule has 0 spiro atoms. The number of fused-ring (bicyclic) bond motifs is 1. The molecule has 1 aliphatic rings. The maximum atomic E-state index is 12.9. The molecule has 0 unspecified atom stereocenters. The molecule has 0 saturated carbocycles. The molecular formula is C24H29N3O. The number of aryl methyl sites for hydroxylation is 3. The minimum atomic E-state index is 0.131. The molecule has 0 bridgehead atoms. The van der Waals surface area contributed by atoms with Crippen LogP contribution in [-0.2, 0) is 11.3 Å². The van der Waals surface area contributed by atoms with Gasteiger partial charge in [-0.2, -0.15) is 0 Å². The second-order valence-corrected chi connectivity index (χ2v) is 8.44. The molecule has 4 rings (SSSR count). The predicted octanol–water partition coefficient (Wildman–Crippen LogP) is 5.22. The van der Waals surface area contributed by atoms with Crippen molar-refractivity contribution >= 4 is 22.6 Å². The van der Waals surface area contributed by atoms with E-state index < -0.39 is 0 Å². The summed E-state index contributed by atoms with van der Waals surface area (Å²) in [5, 5.41) is 0. The van der Waals surface area contributed by atoms with Gasteiger partial charge in [0.1, 0.15) is 5.82 Å². The molecule has 1 amide bonds. The number of carbonyl (C=O) groups excluding carboxylic acids is 1. The molecule has 1 atom stereocenters. The molecule has 28 heavy (non-hydrogen) atoms. The lowest BCUT2D eigenvalue weighted by molar-refractivity contribution is -0.117. The number of hydrogen-bond acceptors (Lipinski definition) is 2. The lowest BCUT2D eigenvalue weighted by Crippen LogP contribution is -2.26. The summed E-state index contributed by atoms with van der Waals surface area (Å²) < 4.78 is 2.35. The van der Waals surface area contributed by atoms with E-state index in [1.807, 2.05) is 11.0 Å². The number of para-hydroxylation sites is 3. The number of hydrogen-bond donors (Lipinski definition) is 0. The van der Waals surface area contributed by atoms with Gasteiger partial charge in [-0.1, -0.05) is 44.2 Å². The third-order valence-electron chi connectivity index (χ3n) is 5.81. The van der Waals surface area contributed by atoms with Crippen molar-refractivity contribution < 1.29 is 4.79 Å². The second-order valence-electron chi connectivity index (χ2n) is 8.44. The van der Waals surface area contributed by atoms with E-state index in [1.165, 1.54) is 5.52 Å². The van der Waals surface area contributed by atoms with Crippen molar-refractivity contribution in [1.29, 1.82) is 0 Å². The third-order valence-corrected chi connectivity index (χ3v) is 5.81. The summed E-state index contributed by atoms with van der Waals surface area (Å²) >= 11 is 0. The molecule has 4 heteroatoms. The van der Waals surface area contributed by atoms with Crippen LogP contribution < -0.4 is 4.90 Å². The van der Waals surface area contributed by atoms with Crippen molar-refractivity contribution in [1.82, 2.24) is 9.55 Å². The van der Waals surface area contributed by atoms with E-state index in [2.05, 4.69) is 68.7 Å². The molecule has 0 aliphatic carbocycles. The minimum absolute atomic E-state index is 0.131. The molecule has 1 saturated heterocycles. The Morgan fingerprint density at radius 2 is 1.79 bits per heavy atom. The first-order valence-electron chi connectivity index (χ1n) is 10.3. The van der Waals surface area contributed by atoms with Gasteiger partial charge in [0, 0.05) is 31.1 Å². The first-order valence-corrected chi connectivity index (χ1v) is 10.3. The van der Waals surface area contributed by atoms with Gasteiger partial charge >= 0.3 is 0 Å². The van der Waals surface area contributed by atoms with Gasteiger partial charge in [-0.15, -0.1) is 0 Å². The topological polar surface area (TPSA) is 38.1 Å². The zero-order valence-electron chi connectivity index (χ0n) is 17.3. The molecule has 1 aliphatic heterocycles. The van der Waals surface area contributed by atoms with E-state index in [0.29, 0.717) is 18.9 Å². The van der Waals surface area contributed by atoms with Crippen LogP contribution in [0.4, 0.5) is 5.69 Å². The summed E-state index contributed by atoms with van der Waals surface area (Å²) in [5.41, 5.74) is 5.58. The maximum absolute atomic E-state index is 12.9. The first kappa shape index (κ1) is 18.7. The summed E-state index contributed by atoms with van der Waals surface area (Å²) in [7, 11) is 0. The fraction of sp³-hybridized carbons (Fsp3) is 0.417. The Morgan fingerprint density at radius 1 is 1.07 bits per heavy atom. The minimum Gasteiger partial charge on any atom is -0.328 e. The lowest BCUT2D eigenvalue weighted by Gasteiger charge is -2.21. The van der Waals surface area contributed by atoms with Crippen molar-refractivity contribution in [3.05, 3.63) is 59.4 Å². The van der Waals surface area contributed by atoms with Crippen LogP contribution in [0.5, 0.6) is 0 Å². The lowest BCUT2D eigenvalue weighted by atomic mass is 10.1. The van der Waals surface area contributed by atoms with Gasteiger partial charge in [-0.05, 0) is 49.4 Å². The number of nitrogens with zero attached hydrogens (tertiary/aromatic N) is 3. The largest absolute Gasteiger partial charge is 0.328 e. The van der Waals surface area contributed by atoms with Gasteiger partial charge < -0.3 is 9.47 Å². The highest BCUT2D eigenvalue weighted by atomic mass is 16.2. The molecule has 0 N–H and O–H groups in total. The third kappa shape index (κ3) is 3.32. The Kier molecular flexibility index (Phi) is 4.96. The Hall–Kier alpha value is -2.62. The number of amides is 1. The fourth-order valence-corrected chi connectivity index (χ4v) is 4.36. The number of benzene rings is 2. The molecule has 4 nitrogen and oxygen atoms in total. The zero-order chi connectivity index (χ0) is 19.8. The van der Waals surface area contributed by atoms with Crippen LogP contribution in [-0.4, -0.2) is 22.0 Å². The number of anilines is 1. The molecule has 2 heterocycles. The first-order chi connectivity index (χ1) is 13.5. The van der Waals surface area contributed by atoms with Crippen LogP contribution in [0, 0.1) is 19.8 Å². The smallest absolute Gasteiger partial charge is 0.227 e. The highest BCUT2D eigenvalue weighted by Gasteiger charge is 2.35. The molecule has 3 aromatic rings. The van der Waals surface area contributed by atoms with Gasteiger partial charge in [-0.3, -0.25) is 4.79 Å². The van der Waals surface area contributed by atoms with Crippen LogP contribution in [0.1, 0.15) is 49.6 Å². The average molecular weight is 376 g/mol. The summed E-state index contributed by atoms with van der Waals surface area (Å²) in [6.07, 6.45) is 1.63. The quantitative estimate of drug-likeness (QED) is 0.613. The van der Waals surface area contributed by atoms with Crippen LogP contribution in [0.25, 0.3) is 11.0 Å². The van der Waals surface area contributed by atoms with Crippen molar-refractivity contribution in [3.63, 3.8) is 0 Å². The molecule has 0 radical (unpaired) electrons. The van der Waals surface area contributed by atoms with E-state index >= 15 is 0 Å². The van der Waals surface area contributed by atoms with Gasteiger partial charge in [0.15, 0.2) is 0 Å². The van der Waals surface area contributed by atoms with E-state index in [1.54, 1.807) is 0 Å². The fourth-order valence-electron chi connectivity index (χ4n) is 4.36. The molecule has 146 valence electrons. The number of aromatic nitrogens is 2. The number of imidazole rings is 1. The van der Waals surface area contributed by atoms with Crippen molar-refractivity contribution in [2.45, 2.75) is 53.0 Å². The second kappa shape index (κ2) is 7.42. The maximum Gasteiger partial charge on any atom is 0.227 e. The summed E-state index contributed by atoms with van der Waals surface area (Å²) in [6.45, 7) is 10.3. The van der Waals surface area contributed by atoms with E-state index in [9.17, 15) is 4.79 Å². The van der Waals surface area contributed by atoms with Crippen molar-refractivity contribution in [2.75, 3.05) is 11.4 Å². The Balaban J connectivity index is 1.71. The predicted molar refractivity (Wildman–Crippen MR) is 115 cm³/mol. The average Bonchev–Trinajstić information content (AvgIpc) is 3.20. The normalized spacial score (nSPS) is 17.2. The molecule has 1 aromatic heterocycles. The summed E-state index contributed by atoms with van der Waals surface area (Å²) in [6, 6.07) is 14.5. The van der Waals surface area contributed by atoms with Crippen molar-refractivity contribution in [3.8, 4) is 0 Å². The van der Waals surface area contributed by atoms with E-state index in [0.717, 1.165) is 41.1 Å². The van der Waals surface area contributed by atoms with Crippen LogP contribution in [0.3, 0.4) is 0 Å². The SMILES string of the molecule is Cc1cccc(C)c1N1C[C@@H](c2nc3ccccc3n2CCC(C)C)CC1=O. The Labute approximate surface area is 167 Å². The van der Waals surface area contributed by atoms with Crippen LogP contribution >= 0.6 is 0 Å². The van der Waals surface area contributed by atoms with Crippen LogP contribution in [0.15, 0.2) is 42.5 Å². The molecular weight excluding hydrogens is 346 g/mol. The molecule has 2 aromatic carbocycles. The van der Waals surface area contributed by atoms with Gasteiger partial charge in [0.05, 0.1) is 11.0 Å². The van der Waals surface area contributed by atoms with E-state index in [4.69, 9.17) is 4.98 Å². The Bertz CT molecular complexity index is 998. The number of carbonyl (C=O) groups is 1.